The largest absolute Gasteiger partial charge is 0.466 e. The Hall–Kier alpha value is -1.78. The minimum atomic E-state index is -0.649. The van der Waals surface area contributed by atoms with Gasteiger partial charge < -0.3 is 14.0 Å². The predicted octanol–water partition coefficient (Wildman–Crippen LogP) is 1.55. The van der Waals surface area contributed by atoms with Crippen molar-refractivity contribution in [2.24, 2.45) is 0 Å². The molecule has 0 bridgehead atoms. The lowest BCUT2D eigenvalue weighted by atomic mass is 10.2. The average Bonchev–Trinajstić information content (AvgIpc) is 2.79. The van der Waals surface area contributed by atoms with E-state index in [0.717, 1.165) is 0 Å². The SMILES string of the molecule is CCOC(=O)C[C@H](C(=O)OCC)n1cccc1. The minimum Gasteiger partial charge on any atom is -0.466 e. The molecule has 5 nitrogen and oxygen atoms in total. The van der Waals surface area contributed by atoms with E-state index >= 15 is 0 Å². The Kier molecular flexibility index (Phi) is 5.26. The third kappa shape index (κ3) is 3.94. The number of nitrogens with zero attached hydrogens (tertiary/aromatic N) is 1. The second-order valence-corrected chi connectivity index (χ2v) is 3.41. The lowest BCUT2D eigenvalue weighted by molar-refractivity contribution is -0.153. The molecule has 1 atom stereocenters. The van der Waals surface area contributed by atoms with Crippen molar-refractivity contribution in [3.8, 4) is 0 Å². The van der Waals surface area contributed by atoms with Crippen LogP contribution < -0.4 is 0 Å². The van der Waals surface area contributed by atoms with Gasteiger partial charge in [0.2, 0.25) is 0 Å². The summed E-state index contributed by atoms with van der Waals surface area (Å²) >= 11 is 0. The number of hydrogen-bond acceptors (Lipinski definition) is 4. The highest BCUT2D eigenvalue weighted by atomic mass is 16.5. The molecule has 0 saturated carbocycles. The molecule has 0 fully saturated rings. The molecule has 94 valence electrons. The number of carbonyl (C=O) groups is 2. The van der Waals surface area contributed by atoms with Crippen molar-refractivity contribution in [1.82, 2.24) is 4.57 Å². The average molecular weight is 239 g/mol. The summed E-state index contributed by atoms with van der Waals surface area (Å²) in [6.45, 7) is 4.06. The number of hydrogen-bond donors (Lipinski definition) is 0. The van der Waals surface area contributed by atoms with Gasteiger partial charge in [-0.3, -0.25) is 4.79 Å². The summed E-state index contributed by atoms with van der Waals surface area (Å²) in [4.78, 5) is 23.1. The Morgan fingerprint density at radius 2 is 1.71 bits per heavy atom. The molecule has 1 aromatic rings. The van der Waals surface area contributed by atoms with Gasteiger partial charge in [-0.2, -0.15) is 0 Å². The van der Waals surface area contributed by atoms with Crippen molar-refractivity contribution in [3.05, 3.63) is 24.5 Å². The summed E-state index contributed by atoms with van der Waals surface area (Å²) in [6, 6.07) is 2.93. The van der Waals surface area contributed by atoms with Crippen LogP contribution in [0.3, 0.4) is 0 Å². The van der Waals surface area contributed by atoms with Gasteiger partial charge in [0.25, 0.3) is 0 Å². The Balaban J connectivity index is 2.73. The fraction of sp³-hybridized carbons (Fsp3) is 0.500. The molecule has 0 aliphatic rings. The van der Waals surface area contributed by atoms with Crippen molar-refractivity contribution in [1.29, 1.82) is 0 Å². The smallest absolute Gasteiger partial charge is 0.329 e. The third-order valence-corrected chi connectivity index (χ3v) is 2.21. The van der Waals surface area contributed by atoms with Crippen LogP contribution in [-0.4, -0.2) is 29.7 Å². The Morgan fingerprint density at radius 3 is 2.24 bits per heavy atom. The van der Waals surface area contributed by atoms with E-state index in [1.807, 2.05) is 0 Å². The number of aromatic nitrogens is 1. The number of ether oxygens (including phenoxy) is 2. The van der Waals surface area contributed by atoms with Gasteiger partial charge in [-0.25, -0.2) is 4.79 Å². The van der Waals surface area contributed by atoms with E-state index in [4.69, 9.17) is 9.47 Å². The van der Waals surface area contributed by atoms with Gasteiger partial charge in [0.15, 0.2) is 0 Å². The summed E-state index contributed by atoms with van der Waals surface area (Å²) in [5.74, 6) is -0.823. The Labute approximate surface area is 100 Å². The van der Waals surface area contributed by atoms with E-state index in [2.05, 4.69) is 0 Å². The van der Waals surface area contributed by atoms with Crippen molar-refractivity contribution < 1.29 is 19.1 Å². The molecule has 17 heavy (non-hydrogen) atoms. The van der Waals surface area contributed by atoms with Crippen molar-refractivity contribution in [2.75, 3.05) is 13.2 Å². The van der Waals surface area contributed by atoms with Gasteiger partial charge in [0.1, 0.15) is 6.04 Å². The van der Waals surface area contributed by atoms with Crippen molar-refractivity contribution in [3.63, 3.8) is 0 Å². The van der Waals surface area contributed by atoms with Crippen LogP contribution in [-0.2, 0) is 19.1 Å². The van der Waals surface area contributed by atoms with Gasteiger partial charge in [-0.05, 0) is 26.0 Å². The van der Waals surface area contributed by atoms with Crippen LogP contribution in [0.4, 0.5) is 0 Å². The topological polar surface area (TPSA) is 57.5 Å². The maximum atomic E-state index is 11.7. The highest BCUT2D eigenvalue weighted by molar-refractivity contribution is 5.81. The zero-order valence-electron chi connectivity index (χ0n) is 10.1. The lowest BCUT2D eigenvalue weighted by Gasteiger charge is -2.16. The van der Waals surface area contributed by atoms with Gasteiger partial charge in [-0.15, -0.1) is 0 Å². The highest BCUT2D eigenvalue weighted by Gasteiger charge is 2.24. The number of carbonyl (C=O) groups excluding carboxylic acids is 2. The molecular formula is C12H17NO4. The molecule has 0 N–H and O–H groups in total. The molecule has 0 aliphatic carbocycles. The van der Waals surface area contributed by atoms with Crippen LogP contribution in [0.5, 0.6) is 0 Å². The van der Waals surface area contributed by atoms with E-state index < -0.39 is 18.0 Å². The van der Waals surface area contributed by atoms with Crippen LogP contribution >= 0.6 is 0 Å². The number of rotatable bonds is 6. The molecule has 0 aliphatic heterocycles. The molecule has 0 spiro atoms. The van der Waals surface area contributed by atoms with E-state index in [1.54, 1.807) is 42.9 Å². The van der Waals surface area contributed by atoms with Gasteiger partial charge >= 0.3 is 11.9 Å². The fourth-order valence-electron chi connectivity index (χ4n) is 1.48. The first kappa shape index (κ1) is 13.3. The maximum Gasteiger partial charge on any atom is 0.329 e. The summed E-state index contributed by atoms with van der Waals surface area (Å²) in [7, 11) is 0. The normalized spacial score (nSPS) is 11.9. The molecule has 0 saturated heterocycles. The summed E-state index contributed by atoms with van der Waals surface area (Å²) in [5.41, 5.74) is 0. The third-order valence-electron chi connectivity index (χ3n) is 2.21. The second-order valence-electron chi connectivity index (χ2n) is 3.41. The fourth-order valence-corrected chi connectivity index (χ4v) is 1.48. The van der Waals surface area contributed by atoms with E-state index in [-0.39, 0.29) is 6.42 Å². The maximum absolute atomic E-state index is 11.7. The van der Waals surface area contributed by atoms with Crippen LogP contribution in [0.15, 0.2) is 24.5 Å². The first-order valence-corrected chi connectivity index (χ1v) is 5.63. The molecule has 0 unspecified atom stereocenters. The molecule has 0 aromatic carbocycles. The number of esters is 2. The standard InChI is InChI=1S/C12H17NO4/c1-3-16-11(14)9-10(12(15)17-4-2)13-7-5-6-8-13/h5-8,10H,3-4,9H2,1-2H3/t10-/m1/s1. The molecule has 1 heterocycles. The predicted molar refractivity (Wildman–Crippen MR) is 61.4 cm³/mol. The van der Waals surface area contributed by atoms with Crippen molar-refractivity contribution >= 4 is 11.9 Å². The first-order valence-electron chi connectivity index (χ1n) is 5.63. The summed E-state index contributed by atoms with van der Waals surface area (Å²) < 4.78 is 11.4. The first-order chi connectivity index (χ1) is 8.19. The summed E-state index contributed by atoms with van der Waals surface area (Å²) in [5, 5.41) is 0. The van der Waals surface area contributed by atoms with Gasteiger partial charge in [0.05, 0.1) is 19.6 Å². The lowest BCUT2D eigenvalue weighted by Crippen LogP contribution is -2.24. The zero-order valence-corrected chi connectivity index (χ0v) is 10.1. The second kappa shape index (κ2) is 6.73. The molecule has 5 heteroatoms. The van der Waals surface area contributed by atoms with E-state index in [9.17, 15) is 9.59 Å². The summed E-state index contributed by atoms with van der Waals surface area (Å²) in [6.07, 6.45) is 3.43. The Bertz CT molecular complexity index is 359. The Morgan fingerprint density at radius 1 is 1.12 bits per heavy atom. The quantitative estimate of drug-likeness (QED) is 0.707. The van der Waals surface area contributed by atoms with Crippen molar-refractivity contribution in [2.45, 2.75) is 26.3 Å². The van der Waals surface area contributed by atoms with Gasteiger partial charge in [0, 0.05) is 12.4 Å². The van der Waals surface area contributed by atoms with Crippen LogP contribution in [0.25, 0.3) is 0 Å². The minimum absolute atomic E-state index is 0.0125. The van der Waals surface area contributed by atoms with E-state index in [1.165, 1.54) is 0 Å². The monoisotopic (exact) mass is 239 g/mol. The van der Waals surface area contributed by atoms with Gasteiger partial charge in [-0.1, -0.05) is 0 Å². The highest BCUT2D eigenvalue weighted by Crippen LogP contribution is 2.15. The van der Waals surface area contributed by atoms with Crippen LogP contribution in [0, 0.1) is 0 Å². The molecule has 1 aromatic heterocycles. The molecule has 1 rings (SSSR count). The molecule has 0 amide bonds. The van der Waals surface area contributed by atoms with Crippen LogP contribution in [0.1, 0.15) is 26.3 Å². The van der Waals surface area contributed by atoms with E-state index in [0.29, 0.717) is 13.2 Å². The van der Waals surface area contributed by atoms with Crippen LogP contribution in [0.2, 0.25) is 0 Å². The zero-order chi connectivity index (χ0) is 12.7. The molecule has 0 radical (unpaired) electrons. The molecular weight excluding hydrogens is 222 g/mol.